The van der Waals surface area contributed by atoms with Crippen LogP contribution >= 0.6 is 11.6 Å². The van der Waals surface area contributed by atoms with Gasteiger partial charge >= 0.3 is 5.97 Å². The van der Waals surface area contributed by atoms with Crippen LogP contribution < -0.4 is 10.6 Å². The molecule has 0 atom stereocenters. The number of nitrogens with zero attached hydrogens (tertiary/aromatic N) is 2. The number of carbonyl (C=O) groups is 2. The zero-order chi connectivity index (χ0) is 14.2. The van der Waals surface area contributed by atoms with Gasteiger partial charge in [-0.2, -0.15) is 0 Å². The first-order valence-corrected chi connectivity index (χ1v) is 6.09. The number of amides is 1. The van der Waals surface area contributed by atoms with Gasteiger partial charge in [-0.15, -0.1) is 0 Å². The van der Waals surface area contributed by atoms with Crippen LogP contribution in [0.15, 0.2) is 12.1 Å². The molecule has 0 unspecified atom stereocenters. The second-order valence-electron chi connectivity index (χ2n) is 4.44. The maximum atomic E-state index is 11.7. The number of likely N-dealkylation sites (N-methyl/N-ethyl adjacent to an activating group) is 1. The predicted molar refractivity (Wildman–Crippen MR) is 72.7 cm³/mol. The molecule has 0 radical (unpaired) electrons. The molecule has 19 heavy (non-hydrogen) atoms. The number of nitrogen functional groups attached to an aromatic ring is 1. The Morgan fingerprint density at radius 3 is 2.68 bits per heavy atom. The summed E-state index contributed by atoms with van der Waals surface area (Å²) in [5.74, 6) is -1.19. The lowest BCUT2D eigenvalue weighted by Gasteiger charge is -2.34. The Balaban J connectivity index is 2.44. The van der Waals surface area contributed by atoms with Gasteiger partial charge in [-0.1, -0.05) is 11.6 Å². The number of rotatable bonds is 2. The smallest absolute Gasteiger partial charge is 0.337 e. The minimum Gasteiger partial charge on any atom is -0.478 e. The molecule has 2 rings (SSSR count). The minimum absolute atomic E-state index is 0.0161. The largest absolute Gasteiger partial charge is 0.478 e. The molecule has 0 aromatic heterocycles. The molecule has 1 amide bonds. The number of hydrogen-bond donors (Lipinski definition) is 2. The number of benzene rings is 1. The third kappa shape index (κ3) is 2.58. The highest BCUT2D eigenvalue weighted by Crippen LogP contribution is 2.33. The Kier molecular flexibility index (Phi) is 3.53. The zero-order valence-corrected chi connectivity index (χ0v) is 11.1. The van der Waals surface area contributed by atoms with Crippen molar-refractivity contribution in [3.05, 3.63) is 22.7 Å². The lowest BCUT2D eigenvalue weighted by atomic mass is 10.1. The van der Waals surface area contributed by atoms with E-state index in [0.717, 1.165) is 0 Å². The minimum atomic E-state index is -1.12. The van der Waals surface area contributed by atoms with Gasteiger partial charge < -0.3 is 20.6 Å². The number of anilines is 2. The van der Waals surface area contributed by atoms with Crippen molar-refractivity contribution in [1.29, 1.82) is 0 Å². The number of piperazine rings is 1. The van der Waals surface area contributed by atoms with E-state index in [0.29, 0.717) is 18.8 Å². The van der Waals surface area contributed by atoms with Crippen molar-refractivity contribution in [3.8, 4) is 0 Å². The molecule has 6 nitrogen and oxygen atoms in total. The summed E-state index contributed by atoms with van der Waals surface area (Å²) in [5, 5.41) is 9.47. The second kappa shape index (κ2) is 4.97. The van der Waals surface area contributed by atoms with E-state index in [2.05, 4.69) is 0 Å². The summed E-state index contributed by atoms with van der Waals surface area (Å²) in [7, 11) is 1.71. The lowest BCUT2D eigenvalue weighted by molar-refractivity contribution is -0.129. The normalized spacial score (nSPS) is 15.8. The monoisotopic (exact) mass is 283 g/mol. The third-order valence-corrected chi connectivity index (χ3v) is 3.38. The van der Waals surface area contributed by atoms with Gasteiger partial charge in [0, 0.05) is 25.8 Å². The van der Waals surface area contributed by atoms with Crippen molar-refractivity contribution in [2.45, 2.75) is 0 Å². The molecule has 1 aliphatic heterocycles. The fourth-order valence-corrected chi connectivity index (χ4v) is 2.40. The fraction of sp³-hybridized carbons (Fsp3) is 0.333. The van der Waals surface area contributed by atoms with E-state index >= 15 is 0 Å². The van der Waals surface area contributed by atoms with E-state index in [9.17, 15) is 14.7 Å². The number of halogens is 1. The van der Waals surface area contributed by atoms with Crippen molar-refractivity contribution < 1.29 is 14.7 Å². The van der Waals surface area contributed by atoms with Gasteiger partial charge in [-0.25, -0.2) is 4.79 Å². The maximum absolute atomic E-state index is 11.7. The Labute approximate surface area is 115 Å². The SMILES string of the molecule is CN1CCN(c2c(Cl)cc(N)cc2C(=O)O)CC1=O. The Morgan fingerprint density at radius 1 is 1.42 bits per heavy atom. The molecule has 1 aromatic rings. The molecule has 1 aliphatic rings. The summed E-state index contributed by atoms with van der Waals surface area (Å²) in [6, 6.07) is 2.85. The molecule has 3 N–H and O–H groups in total. The number of nitrogens with two attached hydrogens (primary N) is 1. The van der Waals surface area contributed by atoms with Crippen LogP contribution in [0.1, 0.15) is 10.4 Å². The predicted octanol–water partition coefficient (Wildman–Crippen LogP) is 0.899. The van der Waals surface area contributed by atoms with E-state index in [1.807, 2.05) is 0 Å². The average Bonchev–Trinajstić information content (AvgIpc) is 2.32. The number of carboxylic acid groups (broad SMARTS) is 1. The first-order valence-electron chi connectivity index (χ1n) is 5.71. The molecule has 102 valence electrons. The third-order valence-electron chi connectivity index (χ3n) is 3.09. The van der Waals surface area contributed by atoms with Gasteiger partial charge in [0.15, 0.2) is 0 Å². The molecule has 0 bridgehead atoms. The highest BCUT2D eigenvalue weighted by atomic mass is 35.5. The highest BCUT2D eigenvalue weighted by Gasteiger charge is 2.26. The first kappa shape index (κ1) is 13.5. The molecule has 1 heterocycles. The van der Waals surface area contributed by atoms with Crippen molar-refractivity contribution in [1.82, 2.24) is 4.90 Å². The van der Waals surface area contributed by atoms with Gasteiger partial charge in [0.25, 0.3) is 0 Å². The van der Waals surface area contributed by atoms with E-state index in [4.69, 9.17) is 17.3 Å². The van der Waals surface area contributed by atoms with E-state index < -0.39 is 5.97 Å². The second-order valence-corrected chi connectivity index (χ2v) is 4.85. The molecule has 1 saturated heterocycles. The summed E-state index contributed by atoms with van der Waals surface area (Å²) in [6.45, 7) is 1.17. The van der Waals surface area contributed by atoms with Crippen molar-refractivity contribution >= 4 is 34.9 Å². The summed E-state index contributed by atoms with van der Waals surface area (Å²) in [4.78, 5) is 26.3. The van der Waals surface area contributed by atoms with Crippen LogP contribution in [0, 0.1) is 0 Å². The van der Waals surface area contributed by atoms with Crippen LogP contribution in [0.5, 0.6) is 0 Å². The van der Waals surface area contributed by atoms with Crippen LogP contribution in [0.3, 0.4) is 0 Å². The van der Waals surface area contributed by atoms with Crippen molar-refractivity contribution in [2.24, 2.45) is 0 Å². The summed E-state index contributed by atoms with van der Waals surface area (Å²) in [5.41, 5.74) is 6.26. The highest BCUT2D eigenvalue weighted by molar-refractivity contribution is 6.34. The molecular formula is C12H14ClN3O3. The Morgan fingerprint density at radius 2 is 2.11 bits per heavy atom. The van der Waals surface area contributed by atoms with E-state index in [1.165, 1.54) is 12.1 Å². The van der Waals surface area contributed by atoms with E-state index in [-0.39, 0.29) is 28.7 Å². The lowest BCUT2D eigenvalue weighted by Crippen LogP contribution is -2.49. The average molecular weight is 284 g/mol. The molecular weight excluding hydrogens is 270 g/mol. The van der Waals surface area contributed by atoms with E-state index in [1.54, 1.807) is 16.8 Å². The van der Waals surface area contributed by atoms with Crippen LogP contribution in [-0.2, 0) is 4.79 Å². The van der Waals surface area contributed by atoms with Crippen LogP contribution in [0.2, 0.25) is 5.02 Å². The molecule has 1 fully saturated rings. The number of aromatic carboxylic acids is 1. The van der Waals surface area contributed by atoms with Crippen molar-refractivity contribution in [2.75, 3.05) is 37.3 Å². The topological polar surface area (TPSA) is 86.9 Å². The molecule has 1 aromatic carbocycles. The summed E-state index contributed by atoms with van der Waals surface area (Å²) < 4.78 is 0. The molecule has 0 saturated carbocycles. The molecule has 7 heteroatoms. The van der Waals surface area contributed by atoms with Gasteiger partial charge in [0.05, 0.1) is 22.8 Å². The molecule has 0 aliphatic carbocycles. The fourth-order valence-electron chi connectivity index (χ4n) is 2.05. The standard InChI is InChI=1S/C12H14ClN3O3/c1-15-2-3-16(6-10(15)17)11-8(12(18)19)4-7(14)5-9(11)13/h4-5H,2-3,6,14H2,1H3,(H,18,19). The van der Waals surface area contributed by atoms with Crippen LogP contribution in [0.4, 0.5) is 11.4 Å². The summed E-state index contributed by atoms with van der Waals surface area (Å²) >= 11 is 6.09. The maximum Gasteiger partial charge on any atom is 0.337 e. The van der Waals surface area contributed by atoms with Crippen LogP contribution in [0.25, 0.3) is 0 Å². The molecule has 0 spiro atoms. The number of carboxylic acids is 1. The van der Waals surface area contributed by atoms with Crippen molar-refractivity contribution in [3.63, 3.8) is 0 Å². The first-order chi connectivity index (χ1) is 8.90. The zero-order valence-electron chi connectivity index (χ0n) is 10.4. The number of hydrogen-bond acceptors (Lipinski definition) is 4. The van der Waals surface area contributed by atoms with Gasteiger partial charge in [0.2, 0.25) is 5.91 Å². The van der Waals surface area contributed by atoms with Gasteiger partial charge in [0.1, 0.15) is 0 Å². The Hall–Kier alpha value is -1.95. The van der Waals surface area contributed by atoms with Crippen LogP contribution in [-0.4, -0.2) is 48.6 Å². The summed E-state index contributed by atoms with van der Waals surface area (Å²) in [6.07, 6.45) is 0. The Bertz CT molecular complexity index is 547. The quantitative estimate of drug-likeness (QED) is 0.788. The van der Waals surface area contributed by atoms with Gasteiger partial charge in [-0.3, -0.25) is 4.79 Å². The number of carbonyl (C=O) groups excluding carboxylic acids is 1. The van der Waals surface area contributed by atoms with Gasteiger partial charge in [-0.05, 0) is 12.1 Å².